The summed E-state index contributed by atoms with van der Waals surface area (Å²) in [6.45, 7) is 4.98. The van der Waals surface area contributed by atoms with Crippen LogP contribution >= 0.6 is 0 Å². The normalized spacial score (nSPS) is 20.9. The number of piperidine rings is 1. The molecule has 0 bridgehead atoms. The summed E-state index contributed by atoms with van der Waals surface area (Å²) in [7, 11) is 3.27. The molecule has 8 rings (SSSR count). The Labute approximate surface area is 309 Å². The highest BCUT2D eigenvalue weighted by Crippen LogP contribution is 2.59. The van der Waals surface area contributed by atoms with Crippen LogP contribution in [0, 0.1) is 5.92 Å². The second-order valence-corrected chi connectivity index (χ2v) is 14.9. The molecule has 8 heteroatoms. The zero-order valence-electron chi connectivity index (χ0n) is 30.4. The molecule has 5 aromatic carbocycles. The minimum absolute atomic E-state index is 0.00287. The molecule has 8 nitrogen and oxygen atoms in total. The molecular formula is C45H43NO7. The summed E-state index contributed by atoms with van der Waals surface area (Å²) in [5.74, 6) is 0.235. The van der Waals surface area contributed by atoms with Crippen LogP contribution in [0.25, 0.3) is 28.0 Å². The number of nitrogens with zero attached hydrogens (tertiary/aromatic N) is 1. The summed E-state index contributed by atoms with van der Waals surface area (Å²) in [5.41, 5.74) is 6.92. The van der Waals surface area contributed by atoms with Crippen LogP contribution in [-0.2, 0) is 20.6 Å². The number of carboxylic acid groups (broad SMARTS) is 2. The van der Waals surface area contributed by atoms with Gasteiger partial charge in [-0.1, -0.05) is 86.7 Å². The Balaban J connectivity index is 1.38. The molecule has 0 saturated carbocycles. The summed E-state index contributed by atoms with van der Waals surface area (Å²) in [6, 6.07) is 30.0. The van der Waals surface area contributed by atoms with E-state index in [9.17, 15) is 19.8 Å². The first-order valence-electron chi connectivity index (χ1n) is 18.2. The van der Waals surface area contributed by atoms with Crippen LogP contribution in [0.4, 0.5) is 5.69 Å². The van der Waals surface area contributed by atoms with Gasteiger partial charge in [-0.2, -0.15) is 0 Å². The highest BCUT2D eigenvalue weighted by Gasteiger charge is 2.45. The molecule has 270 valence electrons. The van der Waals surface area contributed by atoms with Crippen LogP contribution in [0.1, 0.15) is 67.3 Å². The molecule has 3 unspecified atom stereocenters. The maximum Gasteiger partial charge on any atom is 0.326 e. The fourth-order valence-corrected chi connectivity index (χ4v) is 9.01. The van der Waals surface area contributed by atoms with Gasteiger partial charge in [0, 0.05) is 40.5 Å². The fourth-order valence-electron chi connectivity index (χ4n) is 9.01. The highest BCUT2D eigenvalue weighted by molar-refractivity contribution is 6.10. The van der Waals surface area contributed by atoms with Gasteiger partial charge in [-0.25, -0.2) is 4.79 Å². The van der Waals surface area contributed by atoms with Crippen molar-refractivity contribution in [2.45, 2.75) is 56.6 Å². The van der Waals surface area contributed by atoms with Crippen LogP contribution in [-0.4, -0.2) is 49.0 Å². The second-order valence-electron chi connectivity index (χ2n) is 14.9. The maximum atomic E-state index is 12.9. The van der Waals surface area contributed by atoms with E-state index < -0.39 is 23.6 Å². The third-order valence-corrected chi connectivity index (χ3v) is 11.6. The molecule has 2 aliphatic heterocycles. The third kappa shape index (κ3) is 5.50. The SMILES string of the molecule is COc1ccc(C2(c3ccccc3)C=Cc3c4c(c5cc(N6CCC(CCC(=O)O)CC6C(=O)O)c(OC)cc5c3O2)-c2ccccc2C4(C)C)cc1. The lowest BCUT2D eigenvalue weighted by atomic mass is 9.76. The van der Waals surface area contributed by atoms with Crippen molar-refractivity contribution in [3.8, 4) is 28.4 Å². The lowest BCUT2D eigenvalue weighted by Gasteiger charge is -2.40. The lowest BCUT2D eigenvalue weighted by molar-refractivity contribution is -0.139. The molecule has 1 saturated heterocycles. The number of methoxy groups -OCH3 is 2. The predicted molar refractivity (Wildman–Crippen MR) is 206 cm³/mol. The Bertz CT molecular complexity index is 2280. The Kier molecular flexibility index (Phi) is 8.44. The average Bonchev–Trinajstić information content (AvgIpc) is 3.43. The van der Waals surface area contributed by atoms with E-state index in [0.717, 1.165) is 55.7 Å². The number of hydrogen-bond donors (Lipinski definition) is 2. The van der Waals surface area contributed by atoms with Crippen LogP contribution in [0.2, 0.25) is 0 Å². The number of rotatable bonds is 9. The number of fused-ring (bicyclic) bond motifs is 8. The molecule has 53 heavy (non-hydrogen) atoms. The van der Waals surface area contributed by atoms with E-state index in [1.165, 1.54) is 5.56 Å². The van der Waals surface area contributed by atoms with E-state index in [0.29, 0.717) is 37.2 Å². The average molecular weight is 710 g/mol. The molecule has 0 spiro atoms. The molecule has 0 aromatic heterocycles. The van der Waals surface area contributed by atoms with Gasteiger partial charge in [-0.15, -0.1) is 0 Å². The largest absolute Gasteiger partial charge is 0.497 e. The summed E-state index contributed by atoms with van der Waals surface area (Å²) >= 11 is 0. The highest BCUT2D eigenvalue weighted by atomic mass is 16.5. The Hall–Kier alpha value is -5.76. The van der Waals surface area contributed by atoms with Gasteiger partial charge in [0.15, 0.2) is 5.60 Å². The van der Waals surface area contributed by atoms with Crippen molar-refractivity contribution in [2.75, 3.05) is 25.7 Å². The standard InChI is InChI=1S/C45H43NO7/c1-44(2)35-13-9-8-12-31(35)40-33-25-36(46-23-21-27(14-19-39(47)48)24-37(46)43(49)50)38(52-4)26-34(33)42-32(41(40)44)20-22-45(53-42,28-10-6-5-7-11-28)29-15-17-30(51-3)18-16-29/h5-13,15-18,20,22,25-27,37H,14,19,21,23-24H2,1-4H3,(H,47,48)(H,49,50). The van der Waals surface area contributed by atoms with Crippen molar-refractivity contribution >= 4 is 34.5 Å². The molecule has 2 N–H and O–H groups in total. The van der Waals surface area contributed by atoms with Gasteiger partial charge in [0.25, 0.3) is 0 Å². The van der Waals surface area contributed by atoms with Crippen molar-refractivity contribution in [2.24, 2.45) is 5.92 Å². The number of carbonyl (C=O) groups is 2. The first-order valence-corrected chi connectivity index (χ1v) is 18.2. The number of benzene rings is 5. The number of hydrogen-bond acceptors (Lipinski definition) is 6. The van der Waals surface area contributed by atoms with Gasteiger partial charge in [0.05, 0.1) is 19.9 Å². The van der Waals surface area contributed by atoms with Crippen molar-refractivity contribution in [1.29, 1.82) is 0 Å². The summed E-state index contributed by atoms with van der Waals surface area (Å²) in [4.78, 5) is 26.1. The zero-order valence-corrected chi connectivity index (χ0v) is 30.4. The molecular weight excluding hydrogens is 666 g/mol. The molecule has 0 amide bonds. The molecule has 0 radical (unpaired) electrons. The molecule has 3 aliphatic rings. The van der Waals surface area contributed by atoms with E-state index >= 15 is 0 Å². The smallest absolute Gasteiger partial charge is 0.326 e. The van der Waals surface area contributed by atoms with Crippen molar-refractivity contribution < 1.29 is 34.0 Å². The summed E-state index contributed by atoms with van der Waals surface area (Å²) < 4.78 is 19.1. The van der Waals surface area contributed by atoms with Crippen molar-refractivity contribution in [3.05, 3.63) is 125 Å². The number of aliphatic carboxylic acids is 2. The Morgan fingerprint density at radius 3 is 2.30 bits per heavy atom. The third-order valence-electron chi connectivity index (χ3n) is 11.6. The summed E-state index contributed by atoms with van der Waals surface area (Å²) in [6.07, 6.45) is 5.90. The van der Waals surface area contributed by atoms with Gasteiger partial charge >= 0.3 is 11.9 Å². The first kappa shape index (κ1) is 34.3. The topological polar surface area (TPSA) is 106 Å². The van der Waals surface area contributed by atoms with Crippen LogP contribution in [0.3, 0.4) is 0 Å². The minimum Gasteiger partial charge on any atom is -0.497 e. The van der Waals surface area contributed by atoms with E-state index in [2.05, 4.69) is 68.5 Å². The van der Waals surface area contributed by atoms with Crippen molar-refractivity contribution in [3.63, 3.8) is 0 Å². The van der Waals surface area contributed by atoms with Crippen molar-refractivity contribution in [1.82, 2.24) is 0 Å². The Morgan fingerprint density at radius 1 is 0.887 bits per heavy atom. The molecule has 1 fully saturated rings. The van der Waals surface area contributed by atoms with Gasteiger partial charge in [-0.3, -0.25) is 4.79 Å². The number of anilines is 1. The van der Waals surface area contributed by atoms with Gasteiger partial charge in [0.2, 0.25) is 0 Å². The van der Waals surface area contributed by atoms with Gasteiger partial charge in [0.1, 0.15) is 23.3 Å². The van der Waals surface area contributed by atoms with E-state index in [-0.39, 0.29) is 17.8 Å². The van der Waals surface area contributed by atoms with Crippen LogP contribution in [0.15, 0.2) is 97.1 Å². The quantitative estimate of drug-likeness (QED) is 0.156. The molecule has 2 heterocycles. The van der Waals surface area contributed by atoms with Crippen LogP contribution < -0.4 is 19.1 Å². The predicted octanol–water partition coefficient (Wildman–Crippen LogP) is 9.05. The maximum absolute atomic E-state index is 12.9. The zero-order chi connectivity index (χ0) is 37.1. The minimum atomic E-state index is -0.963. The molecule has 3 atom stereocenters. The van der Waals surface area contributed by atoms with Gasteiger partial charge in [-0.05, 0) is 83.2 Å². The first-order chi connectivity index (χ1) is 25.6. The number of carboxylic acids is 2. The van der Waals surface area contributed by atoms with E-state index in [4.69, 9.17) is 14.2 Å². The molecule has 5 aromatic rings. The lowest BCUT2D eigenvalue weighted by Crippen LogP contribution is -2.47. The fraction of sp³-hybridized carbons (Fsp3) is 0.289. The van der Waals surface area contributed by atoms with Gasteiger partial charge < -0.3 is 29.3 Å². The van der Waals surface area contributed by atoms with E-state index in [1.807, 2.05) is 53.4 Å². The second kappa shape index (κ2) is 13.0. The Morgan fingerprint density at radius 2 is 1.60 bits per heavy atom. The number of ether oxygens (including phenoxy) is 3. The van der Waals surface area contributed by atoms with E-state index in [1.54, 1.807) is 14.2 Å². The van der Waals surface area contributed by atoms with Crippen LogP contribution in [0.5, 0.6) is 17.2 Å². The molecule has 1 aliphatic carbocycles. The monoisotopic (exact) mass is 709 g/mol. The summed E-state index contributed by atoms with van der Waals surface area (Å²) in [5, 5.41) is 21.7.